The Morgan fingerprint density at radius 1 is 1.42 bits per heavy atom. The van der Waals surface area contributed by atoms with Gasteiger partial charge in [-0.2, -0.15) is 0 Å². The third kappa shape index (κ3) is 3.87. The second kappa shape index (κ2) is 5.60. The number of carbonyl (C=O) groups is 2. The van der Waals surface area contributed by atoms with E-state index in [9.17, 15) is 9.59 Å². The van der Waals surface area contributed by atoms with Gasteiger partial charge in [0.2, 0.25) is 5.91 Å². The number of amides is 1. The van der Waals surface area contributed by atoms with Crippen LogP contribution in [0.3, 0.4) is 0 Å². The Kier molecular flexibility index (Phi) is 3.89. The maximum Gasteiger partial charge on any atom is 0.335 e. The smallest absolute Gasteiger partial charge is 0.335 e. The lowest BCUT2D eigenvalue weighted by atomic mass is 10.2. The topological polar surface area (TPSA) is 102 Å². The van der Waals surface area contributed by atoms with Gasteiger partial charge in [-0.1, -0.05) is 0 Å². The molecule has 1 fully saturated rings. The van der Waals surface area contributed by atoms with Gasteiger partial charge in [-0.25, -0.2) is 4.79 Å². The van der Waals surface area contributed by atoms with Gasteiger partial charge >= 0.3 is 5.97 Å². The second-order valence-corrected chi connectivity index (χ2v) is 4.50. The fraction of sp³-hybridized carbons (Fsp3) is 0.385. The third-order valence-electron chi connectivity index (χ3n) is 2.79. The van der Waals surface area contributed by atoms with Crippen LogP contribution in [0.1, 0.15) is 29.6 Å². The van der Waals surface area contributed by atoms with Crippen molar-refractivity contribution in [3.63, 3.8) is 0 Å². The summed E-state index contributed by atoms with van der Waals surface area (Å²) in [6.07, 6.45) is 2.36. The number of nitrogens with one attached hydrogen (secondary N) is 1. The highest BCUT2D eigenvalue weighted by molar-refractivity contribution is 5.89. The van der Waals surface area contributed by atoms with E-state index in [-0.39, 0.29) is 30.2 Å². The van der Waals surface area contributed by atoms with E-state index < -0.39 is 5.97 Å². The molecule has 0 spiro atoms. The zero-order chi connectivity index (χ0) is 13.8. The first-order valence-corrected chi connectivity index (χ1v) is 6.11. The van der Waals surface area contributed by atoms with Crippen LogP contribution in [0.15, 0.2) is 18.2 Å². The van der Waals surface area contributed by atoms with E-state index in [0.717, 1.165) is 12.8 Å². The third-order valence-corrected chi connectivity index (χ3v) is 2.79. The second-order valence-electron chi connectivity index (χ2n) is 4.50. The fourth-order valence-electron chi connectivity index (χ4n) is 1.59. The van der Waals surface area contributed by atoms with Gasteiger partial charge in [0.1, 0.15) is 5.75 Å². The molecule has 1 aromatic carbocycles. The Labute approximate surface area is 110 Å². The molecule has 0 atom stereocenters. The van der Waals surface area contributed by atoms with Crippen molar-refractivity contribution in [2.75, 3.05) is 12.3 Å². The molecule has 0 aromatic heterocycles. The molecule has 19 heavy (non-hydrogen) atoms. The van der Waals surface area contributed by atoms with Gasteiger partial charge < -0.3 is 20.9 Å². The van der Waals surface area contributed by atoms with Crippen molar-refractivity contribution in [1.29, 1.82) is 0 Å². The maximum atomic E-state index is 11.4. The van der Waals surface area contributed by atoms with E-state index >= 15 is 0 Å². The van der Waals surface area contributed by atoms with Crippen molar-refractivity contribution in [3.05, 3.63) is 23.8 Å². The van der Waals surface area contributed by atoms with E-state index in [2.05, 4.69) is 5.32 Å². The van der Waals surface area contributed by atoms with Crippen LogP contribution in [0.5, 0.6) is 5.75 Å². The Hall–Kier alpha value is -2.24. The molecule has 0 radical (unpaired) electrons. The molecule has 1 aliphatic carbocycles. The van der Waals surface area contributed by atoms with Gasteiger partial charge in [-0.05, 0) is 31.0 Å². The summed E-state index contributed by atoms with van der Waals surface area (Å²) in [6.45, 7) is 0.217. The van der Waals surface area contributed by atoms with Crippen LogP contribution in [-0.4, -0.2) is 29.6 Å². The number of anilines is 1. The molecule has 6 heteroatoms. The molecule has 1 aromatic rings. The van der Waals surface area contributed by atoms with Crippen molar-refractivity contribution in [2.24, 2.45) is 0 Å². The number of carboxylic acids is 1. The molecule has 1 saturated carbocycles. The number of hydrogen-bond donors (Lipinski definition) is 3. The van der Waals surface area contributed by atoms with Gasteiger partial charge in [-0.15, -0.1) is 0 Å². The number of rotatable bonds is 6. The first kappa shape index (κ1) is 13.2. The molecule has 0 heterocycles. The quantitative estimate of drug-likeness (QED) is 0.666. The highest BCUT2D eigenvalue weighted by atomic mass is 16.5. The van der Waals surface area contributed by atoms with Crippen LogP contribution >= 0.6 is 0 Å². The Morgan fingerprint density at radius 2 is 2.16 bits per heavy atom. The summed E-state index contributed by atoms with van der Waals surface area (Å²) in [4.78, 5) is 22.1. The molecule has 0 aliphatic heterocycles. The maximum absolute atomic E-state index is 11.4. The minimum atomic E-state index is -1.04. The van der Waals surface area contributed by atoms with E-state index in [1.54, 1.807) is 0 Å². The summed E-state index contributed by atoms with van der Waals surface area (Å²) < 4.78 is 5.37. The van der Waals surface area contributed by atoms with E-state index in [1.165, 1.54) is 18.2 Å². The van der Waals surface area contributed by atoms with Crippen molar-refractivity contribution < 1.29 is 19.4 Å². The SMILES string of the molecule is Nc1cc(C(=O)O)ccc1OCCC(=O)NC1CC1. The predicted molar refractivity (Wildman–Crippen MR) is 69.1 cm³/mol. The molecule has 0 bridgehead atoms. The van der Waals surface area contributed by atoms with Crippen molar-refractivity contribution >= 4 is 17.6 Å². The number of carboxylic acid groups (broad SMARTS) is 1. The molecule has 1 aliphatic rings. The lowest BCUT2D eigenvalue weighted by Gasteiger charge is -2.09. The largest absolute Gasteiger partial charge is 0.491 e. The van der Waals surface area contributed by atoms with Crippen LogP contribution in [0.4, 0.5) is 5.69 Å². The Morgan fingerprint density at radius 3 is 2.74 bits per heavy atom. The number of ether oxygens (including phenoxy) is 1. The molecule has 1 amide bonds. The zero-order valence-electron chi connectivity index (χ0n) is 10.4. The van der Waals surface area contributed by atoms with Gasteiger partial charge in [-0.3, -0.25) is 4.79 Å². The number of hydrogen-bond acceptors (Lipinski definition) is 4. The molecule has 102 valence electrons. The Balaban J connectivity index is 1.81. The number of benzene rings is 1. The molecule has 0 unspecified atom stereocenters. The summed E-state index contributed by atoms with van der Waals surface area (Å²) >= 11 is 0. The van der Waals surface area contributed by atoms with Crippen molar-refractivity contribution in [1.82, 2.24) is 5.32 Å². The first-order valence-electron chi connectivity index (χ1n) is 6.11. The van der Waals surface area contributed by atoms with Gasteiger partial charge in [0.05, 0.1) is 24.3 Å². The molecule has 4 N–H and O–H groups in total. The molecule has 0 saturated heterocycles. The van der Waals surface area contributed by atoms with Gasteiger partial charge in [0.15, 0.2) is 0 Å². The number of nitrogens with two attached hydrogens (primary N) is 1. The van der Waals surface area contributed by atoms with Crippen LogP contribution in [0.25, 0.3) is 0 Å². The average Bonchev–Trinajstić information content (AvgIpc) is 3.14. The highest BCUT2D eigenvalue weighted by Gasteiger charge is 2.22. The summed E-state index contributed by atoms with van der Waals surface area (Å²) in [5.41, 5.74) is 6.04. The molecular weight excluding hydrogens is 248 g/mol. The number of nitrogen functional groups attached to an aromatic ring is 1. The van der Waals surface area contributed by atoms with Crippen molar-refractivity contribution in [2.45, 2.75) is 25.3 Å². The lowest BCUT2D eigenvalue weighted by Crippen LogP contribution is -2.26. The number of carbonyl (C=O) groups excluding carboxylic acids is 1. The highest BCUT2D eigenvalue weighted by Crippen LogP contribution is 2.23. The summed E-state index contributed by atoms with van der Waals surface area (Å²) in [5.74, 6) is -0.686. The lowest BCUT2D eigenvalue weighted by molar-refractivity contribution is -0.121. The number of aromatic carboxylic acids is 1. The average molecular weight is 264 g/mol. The van der Waals surface area contributed by atoms with E-state index in [0.29, 0.717) is 11.8 Å². The van der Waals surface area contributed by atoms with Crippen LogP contribution in [0.2, 0.25) is 0 Å². The predicted octanol–water partition coefficient (Wildman–Crippen LogP) is 1.01. The van der Waals surface area contributed by atoms with Crippen molar-refractivity contribution in [3.8, 4) is 5.75 Å². The van der Waals surface area contributed by atoms with Crippen LogP contribution in [0, 0.1) is 0 Å². The van der Waals surface area contributed by atoms with E-state index in [4.69, 9.17) is 15.6 Å². The fourth-order valence-corrected chi connectivity index (χ4v) is 1.59. The zero-order valence-corrected chi connectivity index (χ0v) is 10.4. The van der Waals surface area contributed by atoms with Gasteiger partial charge in [0, 0.05) is 6.04 Å². The first-order chi connectivity index (χ1) is 9.06. The molecule has 2 rings (SSSR count). The minimum Gasteiger partial charge on any atom is -0.491 e. The molecule has 6 nitrogen and oxygen atoms in total. The monoisotopic (exact) mass is 264 g/mol. The minimum absolute atomic E-state index is 0.0387. The molecular formula is C13H16N2O4. The summed E-state index contributed by atoms with van der Waals surface area (Å²) in [7, 11) is 0. The summed E-state index contributed by atoms with van der Waals surface area (Å²) in [6, 6.07) is 4.59. The van der Waals surface area contributed by atoms with Crippen LogP contribution in [-0.2, 0) is 4.79 Å². The van der Waals surface area contributed by atoms with E-state index in [1.807, 2.05) is 0 Å². The Bertz CT molecular complexity index is 497. The van der Waals surface area contributed by atoms with Gasteiger partial charge in [0.25, 0.3) is 0 Å². The summed E-state index contributed by atoms with van der Waals surface area (Å²) in [5, 5.41) is 11.6. The van der Waals surface area contributed by atoms with Crippen LogP contribution < -0.4 is 15.8 Å². The standard InChI is InChI=1S/C13H16N2O4/c14-10-7-8(13(17)18)1-4-11(10)19-6-5-12(16)15-9-2-3-9/h1,4,7,9H,2-3,5-6,14H2,(H,15,16)(H,17,18). The normalized spacial score (nSPS) is 13.9.